The van der Waals surface area contributed by atoms with Gasteiger partial charge in [0.2, 0.25) is 0 Å². The van der Waals surface area contributed by atoms with Crippen LogP contribution in [0.1, 0.15) is 16.7 Å². The molecule has 2 rings (SSSR count). The van der Waals surface area contributed by atoms with E-state index in [4.69, 9.17) is 12.2 Å². The minimum absolute atomic E-state index is 0.913. The molecule has 0 radical (unpaired) electrons. The van der Waals surface area contributed by atoms with E-state index >= 15 is 0 Å². The van der Waals surface area contributed by atoms with Gasteiger partial charge in [-0.3, -0.25) is 0 Å². The van der Waals surface area contributed by atoms with E-state index in [1.165, 1.54) is 5.56 Å². The van der Waals surface area contributed by atoms with E-state index in [0.717, 1.165) is 16.0 Å². The highest BCUT2D eigenvalue weighted by molar-refractivity contribution is 7.81. The first kappa shape index (κ1) is 10.1. The van der Waals surface area contributed by atoms with Crippen molar-refractivity contribution in [3.8, 4) is 0 Å². The van der Waals surface area contributed by atoms with E-state index in [1.54, 1.807) is 0 Å². The minimum Gasteiger partial charge on any atom is -0.0788 e. The fourth-order valence-electron chi connectivity index (χ4n) is 1.46. The second-order valence-corrected chi connectivity index (χ2v) is 3.97. The van der Waals surface area contributed by atoms with Gasteiger partial charge < -0.3 is 0 Å². The minimum atomic E-state index is 0.913. The molecule has 2 aromatic carbocycles. The van der Waals surface area contributed by atoms with Gasteiger partial charge in [-0.05, 0) is 18.1 Å². The molecule has 0 atom stereocenters. The maximum absolute atomic E-state index is 5.43. The van der Waals surface area contributed by atoms with Crippen LogP contribution in [-0.2, 0) is 0 Å². The van der Waals surface area contributed by atoms with Crippen molar-refractivity contribution in [2.75, 3.05) is 0 Å². The molecule has 0 fully saturated rings. The van der Waals surface area contributed by atoms with Crippen LogP contribution in [0.15, 0.2) is 54.6 Å². The summed E-state index contributed by atoms with van der Waals surface area (Å²) in [6.07, 6.45) is 0. The first-order valence-corrected chi connectivity index (χ1v) is 5.34. The summed E-state index contributed by atoms with van der Waals surface area (Å²) in [7, 11) is 0. The Bertz CT molecular complexity index is 454. The molecule has 2 aromatic rings. The summed E-state index contributed by atoms with van der Waals surface area (Å²) in [5, 5.41) is 0. The van der Waals surface area contributed by atoms with Gasteiger partial charge in [0.25, 0.3) is 0 Å². The van der Waals surface area contributed by atoms with Crippen LogP contribution in [0.4, 0.5) is 0 Å². The highest BCUT2D eigenvalue weighted by Gasteiger charge is 2.02. The van der Waals surface area contributed by atoms with Crippen molar-refractivity contribution in [1.82, 2.24) is 0 Å². The first-order chi connectivity index (χ1) is 7.27. The molecule has 0 spiro atoms. The van der Waals surface area contributed by atoms with E-state index in [9.17, 15) is 0 Å². The average Bonchev–Trinajstić information content (AvgIpc) is 2.30. The molecule has 0 N–H and O–H groups in total. The van der Waals surface area contributed by atoms with Crippen molar-refractivity contribution in [1.29, 1.82) is 0 Å². The molecule has 0 amide bonds. The fourth-order valence-corrected chi connectivity index (χ4v) is 1.73. The lowest BCUT2D eigenvalue weighted by Gasteiger charge is -2.04. The smallest absolute Gasteiger partial charge is 0.0521 e. The molecule has 0 nitrogen and oxygen atoms in total. The summed E-state index contributed by atoms with van der Waals surface area (Å²) in [5.74, 6) is 0. The van der Waals surface area contributed by atoms with E-state index in [-0.39, 0.29) is 0 Å². The first-order valence-electron chi connectivity index (χ1n) is 4.94. The van der Waals surface area contributed by atoms with Crippen LogP contribution in [0, 0.1) is 6.92 Å². The van der Waals surface area contributed by atoms with E-state index in [2.05, 4.69) is 31.2 Å². The highest BCUT2D eigenvalue weighted by Crippen LogP contribution is 2.11. The third-order valence-electron chi connectivity index (χ3n) is 2.35. The summed E-state index contributed by atoms with van der Waals surface area (Å²) in [5.41, 5.74) is 3.48. The number of hydrogen-bond acceptors (Lipinski definition) is 1. The second kappa shape index (κ2) is 4.37. The molecule has 15 heavy (non-hydrogen) atoms. The van der Waals surface area contributed by atoms with Crippen molar-refractivity contribution in [3.05, 3.63) is 71.3 Å². The summed E-state index contributed by atoms with van der Waals surface area (Å²) in [6.45, 7) is 2.08. The number of thiocarbonyl (C=S) groups is 1. The summed E-state index contributed by atoms with van der Waals surface area (Å²) in [4.78, 5) is 0.913. The fraction of sp³-hybridized carbons (Fsp3) is 0.0714. The van der Waals surface area contributed by atoms with Crippen LogP contribution in [0.5, 0.6) is 0 Å². The van der Waals surface area contributed by atoms with E-state index in [0.29, 0.717) is 0 Å². The number of benzene rings is 2. The van der Waals surface area contributed by atoms with Gasteiger partial charge >= 0.3 is 0 Å². The number of hydrogen-bond donors (Lipinski definition) is 0. The van der Waals surface area contributed by atoms with Crippen LogP contribution in [0.25, 0.3) is 0 Å². The third kappa shape index (κ3) is 2.31. The zero-order valence-corrected chi connectivity index (χ0v) is 9.42. The van der Waals surface area contributed by atoms with Gasteiger partial charge in [-0.25, -0.2) is 0 Å². The predicted octanol–water partition coefficient (Wildman–Crippen LogP) is 3.76. The van der Waals surface area contributed by atoms with E-state index in [1.807, 2.05) is 30.3 Å². The van der Waals surface area contributed by atoms with Crippen LogP contribution >= 0.6 is 12.2 Å². The predicted molar refractivity (Wildman–Crippen MR) is 68.4 cm³/mol. The molecule has 1 heteroatoms. The van der Waals surface area contributed by atoms with Gasteiger partial charge in [-0.1, -0.05) is 72.4 Å². The van der Waals surface area contributed by atoms with Crippen molar-refractivity contribution in [3.63, 3.8) is 0 Å². The van der Waals surface area contributed by atoms with Crippen molar-refractivity contribution in [2.24, 2.45) is 0 Å². The van der Waals surface area contributed by atoms with Crippen molar-refractivity contribution in [2.45, 2.75) is 6.92 Å². The molecule has 0 saturated carbocycles. The zero-order chi connectivity index (χ0) is 10.7. The molecule has 0 saturated heterocycles. The molecule has 0 unspecified atom stereocenters. The second-order valence-electron chi connectivity index (χ2n) is 3.56. The van der Waals surface area contributed by atoms with Crippen LogP contribution in [-0.4, -0.2) is 4.86 Å². The topological polar surface area (TPSA) is 0 Å². The van der Waals surface area contributed by atoms with E-state index < -0.39 is 0 Å². The van der Waals surface area contributed by atoms with Crippen LogP contribution in [0.3, 0.4) is 0 Å². The average molecular weight is 212 g/mol. The Morgan fingerprint density at radius 3 is 1.93 bits per heavy atom. The largest absolute Gasteiger partial charge is 0.0788 e. The summed E-state index contributed by atoms with van der Waals surface area (Å²) < 4.78 is 0. The van der Waals surface area contributed by atoms with Gasteiger partial charge in [-0.2, -0.15) is 0 Å². The van der Waals surface area contributed by atoms with Gasteiger partial charge in [0.15, 0.2) is 0 Å². The molecule has 0 heterocycles. The molecule has 0 aliphatic rings. The lowest BCUT2D eigenvalue weighted by atomic mass is 10.0. The monoisotopic (exact) mass is 212 g/mol. The Labute approximate surface area is 95.6 Å². The van der Waals surface area contributed by atoms with Gasteiger partial charge in [0, 0.05) is 0 Å². The Kier molecular flexibility index (Phi) is 2.93. The zero-order valence-electron chi connectivity index (χ0n) is 8.60. The molecular weight excluding hydrogens is 200 g/mol. The maximum atomic E-state index is 5.43. The van der Waals surface area contributed by atoms with Crippen LogP contribution < -0.4 is 0 Å². The van der Waals surface area contributed by atoms with Crippen molar-refractivity contribution >= 4 is 17.1 Å². The SMILES string of the molecule is Cc1ccc(C(=S)c2ccccc2)cc1. The quantitative estimate of drug-likeness (QED) is 0.539. The third-order valence-corrected chi connectivity index (χ3v) is 2.82. The van der Waals surface area contributed by atoms with Crippen molar-refractivity contribution < 1.29 is 0 Å². The van der Waals surface area contributed by atoms with Gasteiger partial charge in [0.1, 0.15) is 0 Å². The Balaban J connectivity index is 2.33. The highest BCUT2D eigenvalue weighted by atomic mass is 32.1. The molecular formula is C14H12S. The number of aryl methyl sites for hydroxylation is 1. The molecule has 74 valence electrons. The molecule has 0 aliphatic carbocycles. The lowest BCUT2D eigenvalue weighted by Crippen LogP contribution is -1.98. The van der Waals surface area contributed by atoms with Crippen LogP contribution in [0.2, 0.25) is 0 Å². The van der Waals surface area contributed by atoms with Gasteiger partial charge in [-0.15, -0.1) is 0 Å². The maximum Gasteiger partial charge on any atom is 0.0521 e. The summed E-state index contributed by atoms with van der Waals surface area (Å²) in [6, 6.07) is 18.4. The molecule has 0 bridgehead atoms. The Morgan fingerprint density at radius 1 is 0.800 bits per heavy atom. The standard InChI is InChI=1S/C14H12S/c1-11-7-9-13(10-8-11)14(15)12-5-3-2-4-6-12/h2-10H,1H3. The molecule has 0 aliphatic heterocycles. The number of rotatable bonds is 2. The molecule has 0 aromatic heterocycles. The summed E-state index contributed by atoms with van der Waals surface area (Å²) >= 11 is 5.43. The Morgan fingerprint density at radius 2 is 1.33 bits per heavy atom. The normalized spacial score (nSPS) is 9.93. The lowest BCUT2D eigenvalue weighted by molar-refractivity contribution is 1.46. The Hall–Kier alpha value is -1.47. The van der Waals surface area contributed by atoms with Gasteiger partial charge in [0.05, 0.1) is 4.86 Å².